The fraction of sp³-hybridized carbons (Fsp3) is 0.500. The number of aliphatic hydroxyl groups excluding tert-OH is 8. The molecular formula is C36H43F2NO12. The Bertz CT molecular complexity index is 1580. The topological polar surface area (TPSA) is 211 Å². The fourth-order valence-corrected chi connectivity index (χ4v) is 7.05. The molecule has 9 N–H and O–H groups in total. The maximum Gasteiger partial charge on any atom is 0.229 e. The van der Waals surface area contributed by atoms with E-state index in [9.17, 15) is 49.6 Å². The van der Waals surface area contributed by atoms with Crippen molar-refractivity contribution in [2.45, 2.75) is 86.3 Å². The van der Waals surface area contributed by atoms with Crippen LogP contribution >= 0.6 is 0 Å². The first-order valence-corrected chi connectivity index (χ1v) is 16.8. The number of rotatable bonds is 11. The van der Waals surface area contributed by atoms with Crippen molar-refractivity contribution in [3.8, 4) is 5.75 Å². The number of hydrogen-bond acceptors (Lipinski definition) is 13. The largest absolute Gasteiger partial charge is 0.462 e. The Labute approximate surface area is 292 Å². The molecule has 0 amide bonds. The lowest BCUT2D eigenvalue weighted by Crippen LogP contribution is -2.65. The highest BCUT2D eigenvalue weighted by atomic mass is 19.1. The molecule has 0 bridgehead atoms. The first-order valence-electron chi connectivity index (χ1n) is 16.8. The number of anilines is 1. The van der Waals surface area contributed by atoms with Crippen LogP contribution in [0.15, 0.2) is 66.7 Å². The molecule has 3 aliphatic heterocycles. The summed E-state index contributed by atoms with van der Waals surface area (Å²) >= 11 is 0. The molecule has 3 aromatic rings. The second-order valence-electron chi connectivity index (χ2n) is 13.2. The maximum absolute atomic E-state index is 14.5. The molecule has 0 spiro atoms. The van der Waals surface area contributed by atoms with Crippen molar-refractivity contribution in [3.63, 3.8) is 0 Å². The van der Waals surface area contributed by atoms with Crippen LogP contribution in [-0.4, -0.2) is 122 Å². The van der Waals surface area contributed by atoms with E-state index in [0.29, 0.717) is 24.9 Å². The molecule has 0 radical (unpaired) electrons. The Morgan fingerprint density at radius 2 is 1.39 bits per heavy atom. The van der Waals surface area contributed by atoms with Gasteiger partial charge in [0.2, 0.25) is 6.29 Å². The van der Waals surface area contributed by atoms with Gasteiger partial charge in [-0.1, -0.05) is 24.3 Å². The van der Waals surface area contributed by atoms with Gasteiger partial charge in [-0.3, -0.25) is 0 Å². The number of ether oxygens (including phenoxy) is 4. The molecule has 0 aromatic heterocycles. The standard InChI is InChI=1S/C36H43F2NO12/c37-20-6-1-17(2-7-20)25(42)12-5-19-14-39-24-11-8-21(38)13-23(24)28(19)18-3-9-22(10-4-18)48-35-33(47)31(45)34(27(16-41)50-35)51-36-32(46)30(44)29(43)26(15-40)49-36/h1-4,6-11,13,19,25-36,39-47H,5,12,14-16H2/t19-,25-,26?,27?,28+,29?,30?,31?,32?,33?,34?,35?,36?/m0/s1. The van der Waals surface area contributed by atoms with Crippen molar-refractivity contribution in [2.75, 3.05) is 25.1 Å². The molecule has 15 heteroatoms. The number of halogens is 2. The van der Waals surface area contributed by atoms with Gasteiger partial charge >= 0.3 is 0 Å². The SMILES string of the molecule is OCC1OC(OC2C(CO)OC(Oc3ccc([C@H]4c5cc(F)ccc5NC[C@@H]4CC[C@H](O)c4ccc(F)cc4)cc3)C(O)C2O)C(O)C(O)C1O. The molecule has 2 fully saturated rings. The van der Waals surface area contributed by atoms with E-state index >= 15 is 0 Å². The summed E-state index contributed by atoms with van der Waals surface area (Å²) in [6.07, 6.45) is -15.7. The van der Waals surface area contributed by atoms with Gasteiger partial charge in [-0.25, -0.2) is 8.78 Å². The van der Waals surface area contributed by atoms with Crippen molar-refractivity contribution in [1.29, 1.82) is 0 Å². The third-order valence-electron chi connectivity index (χ3n) is 9.89. The molecule has 6 rings (SSSR count). The zero-order chi connectivity index (χ0) is 36.4. The van der Waals surface area contributed by atoms with Crippen molar-refractivity contribution in [3.05, 3.63) is 95.1 Å². The van der Waals surface area contributed by atoms with Gasteiger partial charge in [0, 0.05) is 18.2 Å². The van der Waals surface area contributed by atoms with Crippen LogP contribution in [0, 0.1) is 17.6 Å². The van der Waals surface area contributed by atoms with E-state index in [-0.39, 0.29) is 17.6 Å². The van der Waals surface area contributed by atoms with Gasteiger partial charge in [0.05, 0.1) is 19.3 Å². The van der Waals surface area contributed by atoms with Gasteiger partial charge in [0.1, 0.15) is 66.2 Å². The van der Waals surface area contributed by atoms with Gasteiger partial charge in [-0.05, 0) is 77.9 Å². The van der Waals surface area contributed by atoms with Crippen LogP contribution < -0.4 is 10.1 Å². The Kier molecular flexibility index (Phi) is 11.8. The van der Waals surface area contributed by atoms with Crippen molar-refractivity contribution < 1.29 is 68.6 Å². The lowest BCUT2D eigenvalue weighted by Gasteiger charge is -2.45. The van der Waals surface area contributed by atoms with E-state index in [1.165, 1.54) is 24.3 Å². The molecule has 13 atom stereocenters. The summed E-state index contributed by atoms with van der Waals surface area (Å²) in [4.78, 5) is 0. The van der Waals surface area contributed by atoms with Gasteiger partial charge in [0.15, 0.2) is 6.29 Å². The first kappa shape index (κ1) is 37.4. The van der Waals surface area contributed by atoms with Crippen molar-refractivity contribution in [2.24, 2.45) is 5.92 Å². The zero-order valence-corrected chi connectivity index (χ0v) is 27.4. The van der Waals surface area contributed by atoms with E-state index in [4.69, 9.17) is 18.9 Å². The molecule has 13 nitrogen and oxygen atoms in total. The number of nitrogens with one attached hydrogen (secondary N) is 1. The van der Waals surface area contributed by atoms with Crippen LogP contribution in [0.5, 0.6) is 5.75 Å². The van der Waals surface area contributed by atoms with Crippen LogP contribution in [0.2, 0.25) is 0 Å². The second-order valence-corrected chi connectivity index (χ2v) is 13.2. The van der Waals surface area contributed by atoms with E-state index < -0.39 is 92.4 Å². The molecule has 0 aliphatic carbocycles. The first-order chi connectivity index (χ1) is 24.5. The predicted octanol–water partition coefficient (Wildman–Crippen LogP) is 0.655. The normalized spacial score (nSPS) is 34.3. The van der Waals surface area contributed by atoms with Gasteiger partial charge in [-0.15, -0.1) is 0 Å². The molecule has 3 heterocycles. The smallest absolute Gasteiger partial charge is 0.229 e. The summed E-state index contributed by atoms with van der Waals surface area (Å²) in [5.74, 6) is -0.902. The van der Waals surface area contributed by atoms with Crippen LogP contribution in [0.25, 0.3) is 0 Å². The van der Waals surface area contributed by atoms with Crippen LogP contribution in [-0.2, 0) is 14.2 Å². The van der Waals surface area contributed by atoms with E-state index in [2.05, 4.69) is 5.32 Å². The summed E-state index contributed by atoms with van der Waals surface area (Å²) in [6, 6.07) is 17.0. The van der Waals surface area contributed by atoms with Crippen molar-refractivity contribution in [1.82, 2.24) is 0 Å². The molecule has 3 aliphatic rings. The highest BCUT2D eigenvalue weighted by Gasteiger charge is 2.51. The summed E-state index contributed by atoms with van der Waals surface area (Å²) in [6.45, 7) is -0.877. The monoisotopic (exact) mass is 719 g/mol. The highest BCUT2D eigenvalue weighted by molar-refractivity contribution is 5.58. The number of fused-ring (bicyclic) bond motifs is 1. The predicted molar refractivity (Wildman–Crippen MR) is 174 cm³/mol. The summed E-state index contributed by atoms with van der Waals surface area (Å²) < 4.78 is 50.5. The van der Waals surface area contributed by atoms with E-state index in [0.717, 1.165) is 16.8 Å². The number of hydrogen-bond donors (Lipinski definition) is 9. The Hall–Kier alpha value is -3.32. The maximum atomic E-state index is 14.5. The molecule has 278 valence electrons. The quantitative estimate of drug-likeness (QED) is 0.134. The van der Waals surface area contributed by atoms with Crippen LogP contribution in [0.1, 0.15) is 41.6 Å². The van der Waals surface area contributed by atoms with Crippen molar-refractivity contribution >= 4 is 5.69 Å². The van der Waals surface area contributed by atoms with Gasteiger partial charge in [-0.2, -0.15) is 0 Å². The molecule has 10 unspecified atom stereocenters. The number of aliphatic hydroxyl groups is 8. The fourth-order valence-electron chi connectivity index (χ4n) is 7.05. The van der Waals surface area contributed by atoms with Crippen LogP contribution in [0.4, 0.5) is 14.5 Å². The molecular weight excluding hydrogens is 676 g/mol. The number of benzene rings is 3. The third-order valence-corrected chi connectivity index (χ3v) is 9.89. The Morgan fingerprint density at radius 1 is 0.745 bits per heavy atom. The minimum atomic E-state index is -1.79. The van der Waals surface area contributed by atoms with E-state index in [1.54, 1.807) is 42.5 Å². The second kappa shape index (κ2) is 16.1. The average molecular weight is 720 g/mol. The summed E-state index contributed by atoms with van der Waals surface area (Å²) in [5, 5.41) is 86.1. The lowest BCUT2D eigenvalue weighted by atomic mass is 9.75. The Balaban J connectivity index is 1.15. The third kappa shape index (κ3) is 8.04. The average Bonchev–Trinajstić information content (AvgIpc) is 3.14. The molecule has 3 aromatic carbocycles. The Morgan fingerprint density at radius 3 is 2.08 bits per heavy atom. The lowest BCUT2D eigenvalue weighted by molar-refractivity contribution is -0.352. The molecule has 2 saturated heterocycles. The van der Waals surface area contributed by atoms with Gasteiger partial charge in [0.25, 0.3) is 0 Å². The zero-order valence-electron chi connectivity index (χ0n) is 27.4. The molecule has 0 saturated carbocycles. The minimum absolute atomic E-state index is 0.0641. The van der Waals surface area contributed by atoms with Crippen LogP contribution in [0.3, 0.4) is 0 Å². The highest BCUT2D eigenvalue weighted by Crippen LogP contribution is 2.43. The summed E-state index contributed by atoms with van der Waals surface area (Å²) in [5.41, 5.74) is 2.93. The van der Waals surface area contributed by atoms with E-state index in [1.807, 2.05) is 0 Å². The van der Waals surface area contributed by atoms with Gasteiger partial charge < -0.3 is 65.1 Å². The minimum Gasteiger partial charge on any atom is -0.462 e. The molecule has 51 heavy (non-hydrogen) atoms. The summed E-state index contributed by atoms with van der Waals surface area (Å²) in [7, 11) is 0.